The van der Waals surface area contributed by atoms with Crippen LogP contribution in [0, 0.1) is 13.8 Å². The lowest BCUT2D eigenvalue weighted by Gasteiger charge is -2.08. The normalized spacial score (nSPS) is 10.8. The van der Waals surface area contributed by atoms with Gasteiger partial charge >= 0.3 is 5.97 Å². The van der Waals surface area contributed by atoms with Gasteiger partial charge in [0.1, 0.15) is 5.75 Å². The van der Waals surface area contributed by atoms with Gasteiger partial charge in [0.05, 0.1) is 17.9 Å². The SMILES string of the molecule is CCCCCCc1c(C)nn(C(=O)COc2ccc(C(=O)OCCC)cc2)c1C. The van der Waals surface area contributed by atoms with Crippen LogP contribution in [0.3, 0.4) is 0 Å². The summed E-state index contributed by atoms with van der Waals surface area (Å²) >= 11 is 0. The van der Waals surface area contributed by atoms with Gasteiger partial charge in [-0.3, -0.25) is 4.79 Å². The van der Waals surface area contributed by atoms with Crippen molar-refractivity contribution in [2.24, 2.45) is 0 Å². The summed E-state index contributed by atoms with van der Waals surface area (Å²) in [5.74, 6) is -0.0489. The summed E-state index contributed by atoms with van der Waals surface area (Å²) in [6, 6.07) is 6.59. The summed E-state index contributed by atoms with van der Waals surface area (Å²) in [5.41, 5.74) is 3.41. The van der Waals surface area contributed by atoms with E-state index in [1.165, 1.54) is 23.9 Å². The molecule has 29 heavy (non-hydrogen) atoms. The summed E-state index contributed by atoms with van der Waals surface area (Å²) in [7, 11) is 0. The minimum absolute atomic E-state index is 0.114. The Kier molecular flexibility index (Phi) is 8.90. The van der Waals surface area contributed by atoms with Crippen molar-refractivity contribution in [3.63, 3.8) is 0 Å². The predicted octanol–water partition coefficient (Wildman–Crippen LogP) is 4.91. The van der Waals surface area contributed by atoms with Gasteiger partial charge in [-0.05, 0) is 62.9 Å². The molecule has 0 aliphatic heterocycles. The second-order valence-electron chi connectivity index (χ2n) is 7.21. The Labute approximate surface area is 173 Å². The highest BCUT2D eigenvalue weighted by Gasteiger charge is 2.17. The number of unbranched alkanes of at least 4 members (excludes halogenated alkanes) is 3. The smallest absolute Gasteiger partial charge is 0.338 e. The quantitative estimate of drug-likeness (QED) is 0.396. The topological polar surface area (TPSA) is 70.4 Å². The van der Waals surface area contributed by atoms with Crippen LogP contribution in [0.25, 0.3) is 0 Å². The van der Waals surface area contributed by atoms with E-state index in [4.69, 9.17) is 9.47 Å². The number of benzene rings is 1. The van der Waals surface area contributed by atoms with E-state index in [0.29, 0.717) is 17.9 Å². The Balaban J connectivity index is 1.93. The fraction of sp³-hybridized carbons (Fsp3) is 0.522. The highest BCUT2D eigenvalue weighted by atomic mass is 16.5. The van der Waals surface area contributed by atoms with Gasteiger partial charge in [-0.2, -0.15) is 5.10 Å². The van der Waals surface area contributed by atoms with Crippen molar-refractivity contribution in [1.82, 2.24) is 9.78 Å². The minimum atomic E-state index is -0.358. The third kappa shape index (κ3) is 6.44. The maximum Gasteiger partial charge on any atom is 0.338 e. The van der Waals surface area contributed by atoms with Crippen molar-refractivity contribution < 1.29 is 19.1 Å². The Morgan fingerprint density at radius 1 is 1.00 bits per heavy atom. The van der Waals surface area contributed by atoms with Crippen molar-refractivity contribution in [3.05, 3.63) is 46.8 Å². The van der Waals surface area contributed by atoms with Crippen molar-refractivity contribution in [1.29, 1.82) is 0 Å². The molecular weight excluding hydrogens is 368 g/mol. The molecule has 0 fully saturated rings. The fourth-order valence-electron chi connectivity index (χ4n) is 3.18. The largest absolute Gasteiger partial charge is 0.484 e. The average Bonchev–Trinajstić information content (AvgIpc) is 3.01. The standard InChI is InChI=1S/C23H32N2O4/c1-5-7-8-9-10-21-17(3)24-25(18(21)4)22(26)16-29-20-13-11-19(12-14-20)23(27)28-15-6-2/h11-14H,5-10,15-16H2,1-4H3. The van der Waals surface area contributed by atoms with Crippen LogP contribution in [0.4, 0.5) is 0 Å². The number of carbonyl (C=O) groups is 2. The molecule has 0 unspecified atom stereocenters. The molecule has 0 saturated heterocycles. The summed E-state index contributed by atoms with van der Waals surface area (Å²) < 4.78 is 12.1. The Hall–Kier alpha value is -2.63. The summed E-state index contributed by atoms with van der Waals surface area (Å²) in [6.45, 7) is 8.30. The van der Waals surface area contributed by atoms with Gasteiger partial charge < -0.3 is 9.47 Å². The van der Waals surface area contributed by atoms with E-state index in [1.807, 2.05) is 20.8 Å². The molecule has 0 spiro atoms. The Morgan fingerprint density at radius 2 is 1.72 bits per heavy atom. The van der Waals surface area contributed by atoms with Crippen LogP contribution in [0.1, 0.15) is 78.1 Å². The van der Waals surface area contributed by atoms with Crippen molar-refractivity contribution >= 4 is 11.9 Å². The maximum atomic E-state index is 12.6. The number of aromatic nitrogens is 2. The predicted molar refractivity (Wildman–Crippen MR) is 113 cm³/mol. The Bertz CT molecular complexity index is 809. The second kappa shape index (κ2) is 11.4. The van der Waals surface area contributed by atoms with Crippen molar-refractivity contribution in [2.45, 2.75) is 66.2 Å². The number of hydrogen-bond acceptors (Lipinski definition) is 5. The minimum Gasteiger partial charge on any atom is -0.484 e. The van der Waals surface area contributed by atoms with Crippen molar-refractivity contribution in [3.8, 4) is 5.75 Å². The van der Waals surface area contributed by atoms with E-state index in [1.54, 1.807) is 24.3 Å². The highest BCUT2D eigenvalue weighted by molar-refractivity contribution is 5.89. The lowest BCUT2D eigenvalue weighted by Crippen LogP contribution is -2.21. The number of nitrogens with zero attached hydrogens (tertiary/aromatic N) is 2. The molecule has 158 valence electrons. The summed E-state index contributed by atoms with van der Waals surface area (Å²) in [5, 5.41) is 4.41. The first-order valence-electron chi connectivity index (χ1n) is 10.5. The maximum absolute atomic E-state index is 12.6. The molecule has 0 saturated carbocycles. The Morgan fingerprint density at radius 3 is 2.38 bits per heavy atom. The molecule has 6 nitrogen and oxygen atoms in total. The van der Waals surface area contributed by atoms with Crippen LogP contribution in [0.2, 0.25) is 0 Å². The summed E-state index contributed by atoms with van der Waals surface area (Å²) in [6.07, 6.45) is 6.46. The third-order valence-electron chi connectivity index (χ3n) is 4.85. The third-order valence-corrected chi connectivity index (χ3v) is 4.85. The van der Waals surface area contributed by atoms with E-state index >= 15 is 0 Å². The molecule has 6 heteroatoms. The fourth-order valence-corrected chi connectivity index (χ4v) is 3.18. The number of hydrogen-bond donors (Lipinski definition) is 0. The number of aryl methyl sites for hydroxylation is 1. The average molecular weight is 401 g/mol. The van der Waals surface area contributed by atoms with Crippen LogP contribution in [-0.2, 0) is 11.2 Å². The zero-order valence-corrected chi connectivity index (χ0v) is 18.0. The van der Waals surface area contributed by atoms with Crippen LogP contribution in [-0.4, -0.2) is 34.9 Å². The number of esters is 1. The zero-order chi connectivity index (χ0) is 21.2. The number of ether oxygens (including phenoxy) is 2. The molecule has 0 aliphatic carbocycles. The van der Waals surface area contributed by atoms with Gasteiger partial charge in [0.15, 0.2) is 6.61 Å². The number of rotatable bonds is 11. The molecule has 2 rings (SSSR count). The van der Waals surface area contributed by atoms with Gasteiger partial charge in [-0.15, -0.1) is 0 Å². The molecule has 2 aromatic rings. The molecule has 1 aromatic heterocycles. The van der Waals surface area contributed by atoms with E-state index in [-0.39, 0.29) is 18.5 Å². The first-order chi connectivity index (χ1) is 14.0. The van der Waals surface area contributed by atoms with Gasteiger partial charge in [0.2, 0.25) is 0 Å². The van der Waals surface area contributed by atoms with Crippen LogP contribution in [0.5, 0.6) is 5.75 Å². The lowest BCUT2D eigenvalue weighted by atomic mass is 10.0. The second-order valence-corrected chi connectivity index (χ2v) is 7.21. The first-order valence-corrected chi connectivity index (χ1v) is 10.5. The van der Waals surface area contributed by atoms with Crippen LogP contribution in [0.15, 0.2) is 24.3 Å². The first kappa shape index (κ1) is 22.7. The molecule has 0 atom stereocenters. The lowest BCUT2D eigenvalue weighted by molar-refractivity contribution is 0.0504. The van der Waals surface area contributed by atoms with Gasteiger partial charge in [-0.1, -0.05) is 33.1 Å². The van der Waals surface area contributed by atoms with Gasteiger partial charge in [-0.25, -0.2) is 9.48 Å². The molecular formula is C23H32N2O4. The van der Waals surface area contributed by atoms with Crippen LogP contribution < -0.4 is 4.74 Å². The molecule has 0 N–H and O–H groups in total. The highest BCUT2D eigenvalue weighted by Crippen LogP contribution is 2.18. The molecule has 0 bridgehead atoms. The van der Waals surface area contributed by atoms with Crippen LogP contribution >= 0.6 is 0 Å². The molecule has 0 radical (unpaired) electrons. The van der Waals surface area contributed by atoms with Gasteiger partial charge in [0, 0.05) is 5.69 Å². The number of carbonyl (C=O) groups excluding carboxylic acids is 2. The monoisotopic (exact) mass is 400 g/mol. The molecule has 1 aromatic carbocycles. The van der Waals surface area contributed by atoms with Gasteiger partial charge in [0.25, 0.3) is 5.91 Å². The molecule has 1 heterocycles. The zero-order valence-electron chi connectivity index (χ0n) is 18.0. The van der Waals surface area contributed by atoms with E-state index in [2.05, 4.69) is 12.0 Å². The molecule has 0 aliphatic rings. The van der Waals surface area contributed by atoms with Crippen molar-refractivity contribution in [2.75, 3.05) is 13.2 Å². The van der Waals surface area contributed by atoms with E-state index in [0.717, 1.165) is 36.2 Å². The summed E-state index contributed by atoms with van der Waals surface area (Å²) in [4.78, 5) is 24.4. The molecule has 0 amide bonds. The van der Waals surface area contributed by atoms with E-state index < -0.39 is 0 Å². The van der Waals surface area contributed by atoms with E-state index in [9.17, 15) is 9.59 Å².